The number of rotatable bonds is 10. The van der Waals surface area contributed by atoms with Crippen LogP contribution in [0.15, 0.2) is 83.8 Å². The molecule has 40 heavy (non-hydrogen) atoms. The van der Waals surface area contributed by atoms with Crippen molar-refractivity contribution in [2.45, 2.75) is 30.2 Å². The Kier molecular flexibility index (Phi) is 8.31. The second-order valence-electron chi connectivity index (χ2n) is 8.88. The highest BCUT2D eigenvalue weighted by Crippen LogP contribution is 2.41. The second-order valence-corrected chi connectivity index (χ2v) is 12.4. The molecule has 0 bridgehead atoms. The molecule has 7 nitrogen and oxygen atoms in total. The van der Waals surface area contributed by atoms with Gasteiger partial charge in [0.05, 0.1) is 11.5 Å². The number of benzene rings is 4. The molecule has 0 heterocycles. The molecule has 4 aromatic carbocycles. The monoisotopic (exact) mass is 594 g/mol. The van der Waals surface area contributed by atoms with E-state index in [1.165, 1.54) is 24.3 Å². The van der Waals surface area contributed by atoms with Crippen LogP contribution in [0.4, 0.5) is 13.2 Å². The first-order valence-corrected chi connectivity index (χ1v) is 15.4. The van der Waals surface area contributed by atoms with Crippen LogP contribution >= 0.6 is 0 Å². The van der Waals surface area contributed by atoms with E-state index in [1.807, 2.05) is 18.2 Å². The normalized spacial score (nSPS) is 12.3. The largest absolute Gasteiger partial charge is 0.534 e. The standard InChI is InChI=1S/C28H25F3O7S2/c1-3-4-17-36-23-12-16-26-20(18-23)7-15-25(19-5-13-24(14-6-19)39(2,32)33)27(26)37-21-8-10-22(11-9-21)38-40(34,35)28(29,30)31/h5-16,18H,3-4,17H2,1-2H3. The van der Waals surface area contributed by atoms with Crippen LogP contribution in [0.3, 0.4) is 0 Å². The second kappa shape index (κ2) is 11.4. The molecule has 0 radical (unpaired) electrons. The van der Waals surface area contributed by atoms with E-state index in [1.54, 1.807) is 24.3 Å². The molecule has 0 atom stereocenters. The Morgan fingerprint density at radius 3 is 2.00 bits per heavy atom. The molecule has 212 valence electrons. The predicted octanol–water partition coefficient (Wildman–Crippen LogP) is 7.11. The van der Waals surface area contributed by atoms with Gasteiger partial charge in [0.25, 0.3) is 0 Å². The molecule has 0 aliphatic rings. The van der Waals surface area contributed by atoms with Crippen LogP contribution in [0.1, 0.15) is 19.8 Å². The van der Waals surface area contributed by atoms with Gasteiger partial charge in [-0.1, -0.05) is 31.5 Å². The summed E-state index contributed by atoms with van der Waals surface area (Å²) in [5.41, 5.74) is -4.29. The topological polar surface area (TPSA) is 96.0 Å². The van der Waals surface area contributed by atoms with Crippen molar-refractivity contribution in [1.82, 2.24) is 0 Å². The average molecular weight is 595 g/mol. The van der Waals surface area contributed by atoms with Gasteiger partial charge in [0.15, 0.2) is 9.84 Å². The van der Waals surface area contributed by atoms with Gasteiger partial charge < -0.3 is 13.7 Å². The fourth-order valence-corrected chi connectivity index (χ4v) is 4.87. The molecule has 4 rings (SSSR count). The summed E-state index contributed by atoms with van der Waals surface area (Å²) in [6.45, 7) is 2.62. The molecule has 0 aromatic heterocycles. The molecule has 0 aliphatic carbocycles. The maximum atomic E-state index is 12.7. The van der Waals surface area contributed by atoms with E-state index >= 15 is 0 Å². The van der Waals surface area contributed by atoms with Gasteiger partial charge in [-0.25, -0.2) is 8.42 Å². The first-order chi connectivity index (χ1) is 18.8. The summed E-state index contributed by atoms with van der Waals surface area (Å²) in [6.07, 6.45) is 3.00. The van der Waals surface area contributed by atoms with Gasteiger partial charge in [-0.2, -0.15) is 21.6 Å². The van der Waals surface area contributed by atoms with Crippen molar-refractivity contribution < 1.29 is 43.7 Å². The first-order valence-electron chi connectivity index (χ1n) is 12.1. The lowest BCUT2D eigenvalue weighted by atomic mass is 9.99. The summed E-state index contributed by atoms with van der Waals surface area (Å²) < 4.78 is 101. The zero-order valence-corrected chi connectivity index (χ0v) is 23.1. The Hall–Kier alpha value is -3.77. The molecule has 0 unspecified atom stereocenters. The van der Waals surface area contributed by atoms with Crippen LogP contribution in [-0.2, 0) is 20.0 Å². The van der Waals surface area contributed by atoms with E-state index < -0.39 is 31.2 Å². The Morgan fingerprint density at radius 2 is 1.40 bits per heavy atom. The molecule has 0 spiro atoms. The fraction of sp³-hybridized carbons (Fsp3) is 0.214. The quantitative estimate of drug-likeness (QED) is 0.110. The highest BCUT2D eigenvalue weighted by Gasteiger charge is 2.48. The average Bonchev–Trinajstić information content (AvgIpc) is 2.89. The summed E-state index contributed by atoms with van der Waals surface area (Å²) in [5, 5.41) is 1.48. The lowest BCUT2D eigenvalue weighted by Crippen LogP contribution is -2.27. The third-order valence-electron chi connectivity index (χ3n) is 5.83. The molecule has 0 saturated heterocycles. The van der Waals surface area contributed by atoms with Gasteiger partial charge in [0.2, 0.25) is 0 Å². The lowest BCUT2D eigenvalue weighted by molar-refractivity contribution is -0.0500. The minimum Gasteiger partial charge on any atom is -0.494 e. The molecular formula is C28H25F3O7S2. The van der Waals surface area contributed by atoms with E-state index in [2.05, 4.69) is 11.1 Å². The van der Waals surface area contributed by atoms with Gasteiger partial charge in [-0.15, -0.1) is 0 Å². The van der Waals surface area contributed by atoms with Crippen LogP contribution in [-0.4, -0.2) is 35.2 Å². The van der Waals surface area contributed by atoms with Gasteiger partial charge in [-0.05, 0) is 78.0 Å². The van der Waals surface area contributed by atoms with Gasteiger partial charge in [-0.3, -0.25) is 0 Å². The summed E-state index contributed by atoms with van der Waals surface area (Å²) in [7, 11) is -9.22. The molecule has 0 saturated carbocycles. The maximum absolute atomic E-state index is 12.7. The molecule has 0 N–H and O–H groups in total. The number of hydrogen-bond donors (Lipinski definition) is 0. The number of ether oxygens (including phenoxy) is 2. The highest BCUT2D eigenvalue weighted by molar-refractivity contribution is 7.90. The molecular weight excluding hydrogens is 569 g/mol. The van der Waals surface area contributed by atoms with E-state index in [0.717, 1.165) is 36.6 Å². The first kappa shape index (κ1) is 29.2. The lowest BCUT2D eigenvalue weighted by Gasteiger charge is -2.16. The molecule has 0 aliphatic heterocycles. The zero-order chi connectivity index (χ0) is 29.1. The van der Waals surface area contributed by atoms with Gasteiger partial charge in [0.1, 0.15) is 23.0 Å². The number of halogens is 3. The number of fused-ring (bicyclic) bond motifs is 1. The Bertz CT molecular complexity index is 1720. The Balaban J connectivity index is 1.74. The number of alkyl halides is 3. The van der Waals surface area contributed by atoms with Crippen LogP contribution in [0.5, 0.6) is 23.0 Å². The minimum atomic E-state index is -5.82. The van der Waals surface area contributed by atoms with Crippen molar-refractivity contribution in [3.63, 3.8) is 0 Å². The van der Waals surface area contributed by atoms with Crippen molar-refractivity contribution in [2.24, 2.45) is 0 Å². The third kappa shape index (κ3) is 6.68. The zero-order valence-electron chi connectivity index (χ0n) is 21.4. The highest BCUT2D eigenvalue weighted by atomic mass is 32.2. The van der Waals surface area contributed by atoms with E-state index in [4.69, 9.17) is 9.47 Å². The predicted molar refractivity (Wildman–Crippen MR) is 145 cm³/mol. The van der Waals surface area contributed by atoms with Crippen LogP contribution in [0, 0.1) is 0 Å². The van der Waals surface area contributed by atoms with Crippen LogP contribution < -0.4 is 13.7 Å². The Morgan fingerprint density at radius 1 is 0.775 bits per heavy atom. The van der Waals surface area contributed by atoms with Crippen molar-refractivity contribution in [3.05, 3.63) is 78.9 Å². The van der Waals surface area contributed by atoms with E-state index in [0.29, 0.717) is 34.6 Å². The van der Waals surface area contributed by atoms with Crippen molar-refractivity contribution >= 4 is 30.7 Å². The van der Waals surface area contributed by atoms with Crippen LogP contribution in [0.2, 0.25) is 0 Å². The molecule has 0 fully saturated rings. The molecule has 0 amide bonds. The summed E-state index contributed by atoms with van der Waals surface area (Å²) in [5.74, 6) is 0.723. The van der Waals surface area contributed by atoms with Crippen LogP contribution in [0.25, 0.3) is 21.9 Å². The summed E-state index contributed by atoms with van der Waals surface area (Å²) in [4.78, 5) is 0.151. The van der Waals surface area contributed by atoms with Gasteiger partial charge >= 0.3 is 15.6 Å². The number of unbranched alkanes of at least 4 members (excludes halogenated alkanes) is 1. The number of sulfone groups is 1. The smallest absolute Gasteiger partial charge is 0.494 e. The third-order valence-corrected chi connectivity index (χ3v) is 7.94. The van der Waals surface area contributed by atoms with E-state index in [-0.39, 0.29) is 10.6 Å². The van der Waals surface area contributed by atoms with Crippen molar-refractivity contribution in [1.29, 1.82) is 0 Å². The molecule has 4 aromatic rings. The fourth-order valence-electron chi connectivity index (χ4n) is 3.78. The van der Waals surface area contributed by atoms with Crippen molar-refractivity contribution in [3.8, 4) is 34.1 Å². The van der Waals surface area contributed by atoms with E-state index in [9.17, 15) is 30.0 Å². The number of hydrogen-bond acceptors (Lipinski definition) is 7. The van der Waals surface area contributed by atoms with Crippen molar-refractivity contribution in [2.75, 3.05) is 12.9 Å². The summed E-state index contributed by atoms with van der Waals surface area (Å²) >= 11 is 0. The Labute approximate surface area is 230 Å². The van der Waals surface area contributed by atoms with Gasteiger partial charge in [0, 0.05) is 17.2 Å². The maximum Gasteiger partial charge on any atom is 0.534 e. The minimum absolute atomic E-state index is 0.151. The summed E-state index contributed by atoms with van der Waals surface area (Å²) in [6, 6.07) is 20.0. The molecule has 12 heteroatoms. The SMILES string of the molecule is CCCCOc1ccc2c(Oc3ccc(OS(=O)(=O)C(F)(F)F)cc3)c(-c3ccc(S(C)(=O)=O)cc3)ccc2c1.